The first-order valence-electron chi connectivity index (χ1n) is 7.75. The van der Waals surface area contributed by atoms with E-state index in [1.165, 1.54) is 22.3 Å². The number of rotatable bonds is 5. The molecule has 0 N–H and O–H groups in total. The lowest BCUT2D eigenvalue weighted by atomic mass is 9.90. The Morgan fingerprint density at radius 3 is 1.30 bits per heavy atom. The van der Waals surface area contributed by atoms with Crippen molar-refractivity contribution in [2.45, 2.75) is 52.4 Å². The minimum Gasteiger partial charge on any atom is -0.0620 e. The van der Waals surface area contributed by atoms with E-state index in [-0.39, 0.29) is 0 Å². The van der Waals surface area contributed by atoms with E-state index in [9.17, 15) is 0 Å². The fraction of sp³-hybridized carbons (Fsp3) is 0.400. The summed E-state index contributed by atoms with van der Waals surface area (Å²) in [5, 5.41) is 0. The molecule has 20 heavy (non-hydrogen) atoms. The summed E-state index contributed by atoms with van der Waals surface area (Å²) in [6.07, 6.45) is 2.27. The first-order chi connectivity index (χ1) is 9.59. The highest BCUT2D eigenvalue weighted by atomic mass is 14.1. The smallest absolute Gasteiger partial charge is 0.0216 e. The van der Waals surface area contributed by atoms with Crippen LogP contribution in [0.1, 0.15) is 61.8 Å². The van der Waals surface area contributed by atoms with Crippen molar-refractivity contribution >= 4 is 0 Å². The quantitative estimate of drug-likeness (QED) is 0.649. The lowest BCUT2D eigenvalue weighted by molar-refractivity contribution is 0.807. The average molecular weight is 266 g/mol. The molecule has 2 rings (SSSR count). The minimum absolute atomic E-state index is 0.603. The van der Waals surface area contributed by atoms with Gasteiger partial charge in [-0.15, -0.1) is 0 Å². The van der Waals surface area contributed by atoms with E-state index in [0.717, 1.165) is 12.8 Å². The fourth-order valence-electron chi connectivity index (χ4n) is 2.92. The summed E-state index contributed by atoms with van der Waals surface area (Å²) in [7, 11) is 0. The Bertz CT molecular complexity index is 498. The normalized spacial score (nSPS) is 11.3. The van der Waals surface area contributed by atoms with Crippen LogP contribution in [0.25, 0.3) is 0 Å². The summed E-state index contributed by atoms with van der Waals surface area (Å²) in [5.41, 5.74) is 5.99. The predicted molar refractivity (Wildman–Crippen MR) is 88.5 cm³/mol. The molecule has 0 aliphatic heterocycles. The van der Waals surface area contributed by atoms with E-state index in [4.69, 9.17) is 0 Å². The molecule has 0 aromatic heterocycles. The lowest BCUT2D eigenvalue weighted by Crippen LogP contribution is -2.01. The highest BCUT2D eigenvalue weighted by molar-refractivity contribution is 5.34. The Balaban J connectivity index is 2.17. The van der Waals surface area contributed by atoms with E-state index in [2.05, 4.69) is 76.2 Å². The predicted octanol–water partition coefficient (Wildman–Crippen LogP) is 5.72. The molecule has 0 heterocycles. The van der Waals surface area contributed by atoms with Gasteiger partial charge in [0.05, 0.1) is 0 Å². The highest BCUT2D eigenvalue weighted by Gasteiger charge is 2.09. The molecule has 0 spiro atoms. The second kappa shape index (κ2) is 6.74. The van der Waals surface area contributed by atoms with Crippen molar-refractivity contribution in [2.75, 3.05) is 0 Å². The van der Waals surface area contributed by atoms with Gasteiger partial charge in [0.15, 0.2) is 0 Å². The molecule has 0 saturated heterocycles. The van der Waals surface area contributed by atoms with E-state index in [1.807, 2.05) is 0 Å². The zero-order valence-corrected chi connectivity index (χ0v) is 13.2. The Kier molecular flexibility index (Phi) is 5.00. The van der Waals surface area contributed by atoms with Crippen molar-refractivity contribution < 1.29 is 0 Å². The maximum absolute atomic E-state index is 2.29. The number of aryl methyl sites for hydroxylation is 2. The highest BCUT2D eigenvalue weighted by Crippen LogP contribution is 2.24. The molecule has 0 saturated carbocycles. The van der Waals surface area contributed by atoms with Gasteiger partial charge in [0.2, 0.25) is 0 Å². The van der Waals surface area contributed by atoms with E-state index in [0.29, 0.717) is 11.8 Å². The summed E-state index contributed by atoms with van der Waals surface area (Å²) in [6, 6.07) is 17.7. The molecule has 0 aliphatic rings. The van der Waals surface area contributed by atoms with Gasteiger partial charge in [0, 0.05) is 0 Å². The van der Waals surface area contributed by atoms with Crippen molar-refractivity contribution in [3.05, 3.63) is 70.8 Å². The van der Waals surface area contributed by atoms with Crippen molar-refractivity contribution in [3.63, 3.8) is 0 Å². The molecule has 0 fully saturated rings. The van der Waals surface area contributed by atoms with Gasteiger partial charge in [-0.05, 0) is 46.9 Å². The molecule has 0 heteroatoms. The van der Waals surface area contributed by atoms with Gasteiger partial charge in [-0.3, -0.25) is 0 Å². The van der Waals surface area contributed by atoms with Gasteiger partial charge in [-0.1, -0.05) is 76.2 Å². The van der Waals surface area contributed by atoms with Crippen LogP contribution < -0.4 is 0 Å². The molecule has 0 bridgehead atoms. The van der Waals surface area contributed by atoms with Crippen LogP contribution in [0, 0.1) is 0 Å². The van der Waals surface area contributed by atoms with Gasteiger partial charge in [-0.25, -0.2) is 0 Å². The summed E-state index contributed by atoms with van der Waals surface area (Å²) >= 11 is 0. The lowest BCUT2D eigenvalue weighted by Gasteiger charge is -2.15. The summed E-state index contributed by atoms with van der Waals surface area (Å²) in [4.78, 5) is 0. The molecule has 0 nitrogen and oxygen atoms in total. The SMILES string of the molecule is CC(C)c1ccccc1CCc1ccccc1C(C)C. The molecule has 106 valence electrons. The summed E-state index contributed by atoms with van der Waals surface area (Å²) in [6.45, 7) is 9.11. The van der Waals surface area contributed by atoms with Gasteiger partial charge < -0.3 is 0 Å². The van der Waals surface area contributed by atoms with E-state index < -0.39 is 0 Å². The van der Waals surface area contributed by atoms with Crippen LogP contribution in [0.3, 0.4) is 0 Å². The van der Waals surface area contributed by atoms with Crippen LogP contribution in [-0.4, -0.2) is 0 Å². The van der Waals surface area contributed by atoms with Crippen LogP contribution in [-0.2, 0) is 12.8 Å². The number of hydrogen-bond acceptors (Lipinski definition) is 0. The Morgan fingerprint density at radius 2 is 0.950 bits per heavy atom. The zero-order valence-electron chi connectivity index (χ0n) is 13.2. The van der Waals surface area contributed by atoms with Crippen molar-refractivity contribution in [3.8, 4) is 0 Å². The molecular formula is C20H26. The first-order valence-corrected chi connectivity index (χ1v) is 7.75. The van der Waals surface area contributed by atoms with E-state index in [1.54, 1.807) is 0 Å². The maximum atomic E-state index is 2.29. The molecule has 2 aromatic carbocycles. The van der Waals surface area contributed by atoms with Crippen molar-refractivity contribution in [2.24, 2.45) is 0 Å². The van der Waals surface area contributed by atoms with Gasteiger partial charge in [-0.2, -0.15) is 0 Å². The Hall–Kier alpha value is -1.56. The number of hydrogen-bond donors (Lipinski definition) is 0. The van der Waals surface area contributed by atoms with Crippen molar-refractivity contribution in [1.82, 2.24) is 0 Å². The van der Waals surface area contributed by atoms with E-state index >= 15 is 0 Å². The second-order valence-corrected chi connectivity index (χ2v) is 6.21. The molecule has 0 radical (unpaired) electrons. The molecule has 2 aromatic rings. The third-order valence-electron chi connectivity index (χ3n) is 4.02. The van der Waals surface area contributed by atoms with Crippen LogP contribution in [0.2, 0.25) is 0 Å². The first kappa shape index (κ1) is 14.8. The van der Waals surface area contributed by atoms with Gasteiger partial charge in [0.1, 0.15) is 0 Å². The minimum atomic E-state index is 0.603. The molecule has 0 amide bonds. The van der Waals surface area contributed by atoms with Gasteiger partial charge >= 0.3 is 0 Å². The topological polar surface area (TPSA) is 0 Å². The van der Waals surface area contributed by atoms with Crippen LogP contribution >= 0.6 is 0 Å². The van der Waals surface area contributed by atoms with Crippen LogP contribution in [0.15, 0.2) is 48.5 Å². The monoisotopic (exact) mass is 266 g/mol. The Labute approximate surface area is 123 Å². The molecule has 0 aliphatic carbocycles. The standard InChI is InChI=1S/C20H26/c1-15(2)19-11-7-5-9-17(19)13-14-18-10-6-8-12-20(18)16(3)4/h5-12,15-16H,13-14H2,1-4H3. The average Bonchev–Trinajstić information content (AvgIpc) is 2.45. The summed E-state index contributed by atoms with van der Waals surface area (Å²) < 4.78 is 0. The maximum Gasteiger partial charge on any atom is -0.0216 e. The second-order valence-electron chi connectivity index (χ2n) is 6.21. The Morgan fingerprint density at radius 1 is 0.600 bits per heavy atom. The summed E-state index contributed by atoms with van der Waals surface area (Å²) in [5.74, 6) is 1.21. The van der Waals surface area contributed by atoms with Crippen molar-refractivity contribution in [1.29, 1.82) is 0 Å². The third-order valence-corrected chi connectivity index (χ3v) is 4.02. The zero-order chi connectivity index (χ0) is 14.5. The molecule has 0 atom stereocenters. The third kappa shape index (κ3) is 3.50. The fourth-order valence-corrected chi connectivity index (χ4v) is 2.92. The van der Waals surface area contributed by atoms with Crippen LogP contribution in [0.4, 0.5) is 0 Å². The van der Waals surface area contributed by atoms with Crippen LogP contribution in [0.5, 0.6) is 0 Å². The molecular weight excluding hydrogens is 240 g/mol. The number of benzene rings is 2. The van der Waals surface area contributed by atoms with Gasteiger partial charge in [0.25, 0.3) is 0 Å². The molecule has 0 unspecified atom stereocenters. The largest absolute Gasteiger partial charge is 0.0620 e.